The van der Waals surface area contributed by atoms with Gasteiger partial charge in [0.15, 0.2) is 5.65 Å². The molecule has 0 aliphatic carbocycles. The van der Waals surface area contributed by atoms with Gasteiger partial charge in [0.05, 0.1) is 4.47 Å². The fourth-order valence-corrected chi connectivity index (χ4v) is 1.91. The van der Waals surface area contributed by atoms with Gasteiger partial charge in [-0.2, -0.15) is 4.98 Å². The lowest BCUT2D eigenvalue weighted by Crippen LogP contribution is -2.16. The van der Waals surface area contributed by atoms with Gasteiger partial charge in [-0.1, -0.05) is 0 Å². The van der Waals surface area contributed by atoms with Crippen molar-refractivity contribution in [3.8, 4) is 5.88 Å². The number of aromatic hydroxyl groups is 1. The quantitative estimate of drug-likeness (QED) is 0.800. The summed E-state index contributed by atoms with van der Waals surface area (Å²) < 4.78 is 14.2. The van der Waals surface area contributed by atoms with Crippen molar-refractivity contribution in [3.63, 3.8) is 0 Å². The summed E-state index contributed by atoms with van der Waals surface area (Å²) in [6.45, 7) is 0. The van der Waals surface area contributed by atoms with Crippen LogP contribution >= 0.6 is 31.9 Å². The summed E-state index contributed by atoms with van der Waals surface area (Å²) in [6.07, 6.45) is 1.000. The van der Waals surface area contributed by atoms with Gasteiger partial charge in [-0.3, -0.25) is 9.20 Å². The molecule has 4 nitrogen and oxygen atoms in total. The maximum Gasteiger partial charge on any atom is 0.276 e. The van der Waals surface area contributed by atoms with E-state index in [1.807, 2.05) is 0 Å². The Morgan fingerprint density at radius 1 is 1.47 bits per heavy atom. The van der Waals surface area contributed by atoms with E-state index in [1.54, 1.807) is 0 Å². The largest absolute Gasteiger partial charge is 0.492 e. The minimum Gasteiger partial charge on any atom is -0.492 e. The number of fused-ring (bicyclic) bond motifs is 1. The van der Waals surface area contributed by atoms with E-state index in [9.17, 15) is 14.3 Å². The summed E-state index contributed by atoms with van der Waals surface area (Å²) in [5.74, 6) is -0.997. The number of aromatic nitrogens is 2. The molecular weight excluding hydrogens is 335 g/mol. The summed E-state index contributed by atoms with van der Waals surface area (Å²) >= 11 is 5.92. The van der Waals surface area contributed by atoms with Crippen molar-refractivity contribution in [3.05, 3.63) is 37.4 Å². The fraction of sp³-hybridized carbons (Fsp3) is 0. The Labute approximate surface area is 99.6 Å². The number of pyridine rings is 1. The van der Waals surface area contributed by atoms with Gasteiger partial charge >= 0.3 is 0 Å². The Kier molecular flexibility index (Phi) is 2.51. The molecule has 0 bridgehead atoms. The van der Waals surface area contributed by atoms with E-state index < -0.39 is 17.3 Å². The van der Waals surface area contributed by atoms with Gasteiger partial charge in [-0.15, -0.1) is 0 Å². The summed E-state index contributed by atoms with van der Waals surface area (Å²) in [5, 5.41) is 9.31. The maximum absolute atomic E-state index is 13.0. The Balaban J connectivity index is 3.06. The second-order valence-electron chi connectivity index (χ2n) is 2.75. The van der Waals surface area contributed by atoms with Gasteiger partial charge < -0.3 is 5.11 Å². The van der Waals surface area contributed by atoms with Gasteiger partial charge in [0.1, 0.15) is 10.3 Å². The number of nitrogens with zero attached hydrogens (tertiary/aromatic N) is 2. The molecule has 0 amide bonds. The third kappa shape index (κ3) is 1.65. The maximum atomic E-state index is 13.0. The van der Waals surface area contributed by atoms with E-state index in [1.165, 1.54) is 0 Å². The predicted octanol–water partition coefficient (Wildman–Crippen LogP) is 2.06. The lowest BCUT2D eigenvalue weighted by molar-refractivity contribution is 0.448. The van der Waals surface area contributed by atoms with Gasteiger partial charge in [-0.05, 0) is 37.9 Å². The van der Waals surface area contributed by atoms with Crippen LogP contribution in [0.3, 0.4) is 0 Å². The summed E-state index contributed by atoms with van der Waals surface area (Å²) in [4.78, 5) is 15.3. The molecule has 15 heavy (non-hydrogen) atoms. The van der Waals surface area contributed by atoms with Crippen LogP contribution in [0.25, 0.3) is 5.65 Å². The highest BCUT2D eigenvalue weighted by Gasteiger charge is 2.12. The first-order chi connectivity index (χ1) is 7.00. The molecule has 7 heteroatoms. The summed E-state index contributed by atoms with van der Waals surface area (Å²) in [7, 11) is 0. The fourth-order valence-electron chi connectivity index (χ4n) is 1.14. The zero-order valence-electron chi connectivity index (χ0n) is 7.04. The van der Waals surface area contributed by atoms with Crippen LogP contribution < -0.4 is 5.56 Å². The molecule has 0 aliphatic heterocycles. The zero-order chi connectivity index (χ0) is 11.2. The van der Waals surface area contributed by atoms with E-state index >= 15 is 0 Å². The molecule has 0 radical (unpaired) electrons. The minimum absolute atomic E-state index is 0.0995. The SMILES string of the molecule is O=c1c(Br)c(O)nc2c(Br)cc(F)cn12. The molecule has 0 saturated carbocycles. The van der Waals surface area contributed by atoms with Crippen LogP contribution in [0, 0.1) is 5.82 Å². The molecule has 2 heterocycles. The Morgan fingerprint density at radius 2 is 2.13 bits per heavy atom. The van der Waals surface area contributed by atoms with Crippen LogP contribution in [-0.4, -0.2) is 14.5 Å². The van der Waals surface area contributed by atoms with Crippen molar-refractivity contribution in [2.45, 2.75) is 0 Å². The van der Waals surface area contributed by atoms with E-state index in [4.69, 9.17) is 0 Å². The van der Waals surface area contributed by atoms with Crippen molar-refractivity contribution in [1.29, 1.82) is 0 Å². The number of rotatable bonds is 0. The summed E-state index contributed by atoms with van der Waals surface area (Å²) in [6, 6.07) is 1.16. The van der Waals surface area contributed by atoms with E-state index in [0.717, 1.165) is 16.7 Å². The first-order valence-electron chi connectivity index (χ1n) is 3.76. The normalized spacial score (nSPS) is 10.9. The van der Waals surface area contributed by atoms with Gasteiger partial charge in [-0.25, -0.2) is 4.39 Å². The molecule has 1 N–H and O–H groups in total. The molecule has 2 aromatic heterocycles. The van der Waals surface area contributed by atoms with Crippen LogP contribution in [0.15, 0.2) is 26.0 Å². The predicted molar refractivity (Wildman–Crippen MR) is 58.5 cm³/mol. The molecule has 0 saturated heterocycles. The van der Waals surface area contributed by atoms with E-state index in [-0.39, 0.29) is 10.1 Å². The number of halogens is 3. The number of hydrogen-bond acceptors (Lipinski definition) is 3. The Hall–Kier alpha value is -0.950. The smallest absolute Gasteiger partial charge is 0.276 e. The minimum atomic E-state index is -0.573. The monoisotopic (exact) mass is 336 g/mol. The van der Waals surface area contributed by atoms with Crippen molar-refractivity contribution in [1.82, 2.24) is 9.38 Å². The average Bonchev–Trinajstić information content (AvgIpc) is 2.17. The van der Waals surface area contributed by atoms with Crippen LogP contribution in [0.2, 0.25) is 0 Å². The lowest BCUT2D eigenvalue weighted by atomic mass is 10.4. The molecule has 2 rings (SSSR count). The molecule has 0 aliphatic rings. The molecule has 78 valence electrons. The van der Waals surface area contributed by atoms with E-state index in [2.05, 4.69) is 36.8 Å². The average molecular weight is 338 g/mol. The van der Waals surface area contributed by atoms with E-state index in [0.29, 0.717) is 4.47 Å². The first-order valence-corrected chi connectivity index (χ1v) is 5.35. The van der Waals surface area contributed by atoms with Crippen LogP contribution in [0.4, 0.5) is 4.39 Å². The summed E-state index contributed by atoms with van der Waals surface area (Å²) in [5.41, 5.74) is -0.417. The van der Waals surface area contributed by atoms with Gasteiger partial charge in [0.2, 0.25) is 5.88 Å². The van der Waals surface area contributed by atoms with Gasteiger partial charge in [0.25, 0.3) is 5.56 Å². The highest BCUT2D eigenvalue weighted by molar-refractivity contribution is 9.11. The molecule has 0 unspecified atom stereocenters. The molecular formula is C8H3Br2FN2O2. The molecule has 0 fully saturated rings. The number of hydrogen-bond donors (Lipinski definition) is 1. The molecule has 0 spiro atoms. The highest BCUT2D eigenvalue weighted by atomic mass is 79.9. The zero-order valence-corrected chi connectivity index (χ0v) is 10.2. The first kappa shape index (κ1) is 10.6. The van der Waals surface area contributed by atoms with Crippen LogP contribution in [0.1, 0.15) is 0 Å². The molecule has 0 atom stereocenters. The topological polar surface area (TPSA) is 54.6 Å². The van der Waals surface area contributed by atoms with Crippen molar-refractivity contribution >= 4 is 37.5 Å². The molecule has 2 aromatic rings. The Morgan fingerprint density at radius 3 is 2.80 bits per heavy atom. The third-order valence-electron chi connectivity index (χ3n) is 1.77. The van der Waals surface area contributed by atoms with Crippen molar-refractivity contribution < 1.29 is 9.50 Å². The van der Waals surface area contributed by atoms with Crippen LogP contribution in [0.5, 0.6) is 5.88 Å². The Bertz CT molecular complexity index is 612. The third-order valence-corrected chi connectivity index (χ3v) is 3.05. The standard InChI is InChI=1S/C8H3Br2FN2O2/c9-4-1-3(11)2-13-6(4)12-7(14)5(10)8(13)15/h1-2,14H. The van der Waals surface area contributed by atoms with Gasteiger partial charge in [0, 0.05) is 6.20 Å². The van der Waals surface area contributed by atoms with Crippen molar-refractivity contribution in [2.24, 2.45) is 0 Å². The van der Waals surface area contributed by atoms with Crippen molar-refractivity contribution in [2.75, 3.05) is 0 Å². The second kappa shape index (κ2) is 3.57. The highest BCUT2D eigenvalue weighted by Crippen LogP contribution is 2.22. The molecule has 0 aromatic carbocycles. The second-order valence-corrected chi connectivity index (χ2v) is 4.40. The lowest BCUT2D eigenvalue weighted by Gasteiger charge is -2.04. The van der Waals surface area contributed by atoms with Crippen LogP contribution in [-0.2, 0) is 0 Å².